The van der Waals surface area contributed by atoms with Crippen LogP contribution in [0.3, 0.4) is 0 Å². The summed E-state index contributed by atoms with van der Waals surface area (Å²) in [4.78, 5) is 2.18. The Kier molecular flexibility index (Phi) is 4.17. The summed E-state index contributed by atoms with van der Waals surface area (Å²) in [5.41, 5.74) is 7.02. The monoisotopic (exact) mass is 248 g/mol. The van der Waals surface area contributed by atoms with Crippen LogP contribution in [-0.4, -0.2) is 28.3 Å². The number of nitrogens with two attached hydrogens (primary N) is 1. The number of likely N-dealkylation sites (N-methyl/N-ethyl adjacent to an activating group) is 1. The van der Waals surface area contributed by atoms with Crippen LogP contribution in [0.4, 0.5) is 0 Å². The zero-order valence-electron chi connectivity index (χ0n) is 10.9. The first kappa shape index (κ1) is 12.9. The molecule has 0 aromatic carbocycles. The summed E-state index contributed by atoms with van der Waals surface area (Å²) in [6.45, 7) is 4.25. The molecule has 5 nitrogen and oxygen atoms in total. The normalized spacial score (nSPS) is 13.1. The molecule has 0 aliphatic carbocycles. The highest BCUT2D eigenvalue weighted by molar-refractivity contribution is 5.11. The van der Waals surface area contributed by atoms with Gasteiger partial charge in [0, 0.05) is 24.8 Å². The molecule has 18 heavy (non-hydrogen) atoms. The predicted octanol–water partition coefficient (Wildman–Crippen LogP) is 1.63. The summed E-state index contributed by atoms with van der Waals surface area (Å²) in [5, 5.41) is 4.29. The Morgan fingerprint density at radius 2 is 2.39 bits per heavy atom. The van der Waals surface area contributed by atoms with Crippen molar-refractivity contribution in [2.75, 3.05) is 13.6 Å². The van der Waals surface area contributed by atoms with Gasteiger partial charge in [-0.25, -0.2) is 0 Å². The van der Waals surface area contributed by atoms with Crippen LogP contribution >= 0.6 is 0 Å². The lowest BCUT2D eigenvalue weighted by atomic mass is 10.1. The van der Waals surface area contributed by atoms with Gasteiger partial charge in [0.25, 0.3) is 0 Å². The topological polar surface area (TPSA) is 60.2 Å². The molecule has 0 amide bonds. The molecular weight excluding hydrogens is 228 g/mol. The molecule has 1 atom stereocenters. The number of aromatic nitrogens is 2. The van der Waals surface area contributed by atoms with E-state index >= 15 is 0 Å². The van der Waals surface area contributed by atoms with Gasteiger partial charge in [0.1, 0.15) is 5.76 Å². The quantitative estimate of drug-likeness (QED) is 0.844. The standard InChI is InChI=1S/C13H20N4O/c1-3-17-9-11(8-15-17)13(7-14)16(2)10-12-5-4-6-18-12/h4-6,8-9,13H,3,7,10,14H2,1-2H3. The molecule has 0 saturated heterocycles. The first-order chi connectivity index (χ1) is 8.74. The first-order valence-corrected chi connectivity index (χ1v) is 6.19. The van der Waals surface area contributed by atoms with E-state index in [1.165, 1.54) is 0 Å². The maximum atomic E-state index is 5.88. The van der Waals surface area contributed by atoms with Crippen LogP contribution in [0.1, 0.15) is 24.3 Å². The highest BCUT2D eigenvalue weighted by Crippen LogP contribution is 2.19. The highest BCUT2D eigenvalue weighted by Gasteiger charge is 2.18. The van der Waals surface area contributed by atoms with E-state index in [-0.39, 0.29) is 6.04 Å². The smallest absolute Gasteiger partial charge is 0.117 e. The van der Waals surface area contributed by atoms with Crippen LogP contribution in [0.5, 0.6) is 0 Å². The summed E-state index contributed by atoms with van der Waals surface area (Å²) in [6, 6.07) is 4.03. The molecule has 0 fully saturated rings. The van der Waals surface area contributed by atoms with Crippen LogP contribution in [-0.2, 0) is 13.1 Å². The van der Waals surface area contributed by atoms with E-state index in [1.807, 2.05) is 30.1 Å². The second kappa shape index (κ2) is 5.84. The largest absolute Gasteiger partial charge is 0.468 e. The van der Waals surface area contributed by atoms with Crippen molar-refractivity contribution in [3.63, 3.8) is 0 Å². The Morgan fingerprint density at radius 1 is 1.56 bits per heavy atom. The van der Waals surface area contributed by atoms with Crippen molar-refractivity contribution in [3.05, 3.63) is 42.1 Å². The van der Waals surface area contributed by atoms with Crippen molar-refractivity contribution in [3.8, 4) is 0 Å². The van der Waals surface area contributed by atoms with Gasteiger partial charge in [-0.2, -0.15) is 5.10 Å². The zero-order valence-corrected chi connectivity index (χ0v) is 10.9. The predicted molar refractivity (Wildman–Crippen MR) is 69.9 cm³/mol. The third kappa shape index (κ3) is 2.80. The molecule has 5 heteroatoms. The average Bonchev–Trinajstić information content (AvgIpc) is 3.01. The molecule has 2 N–H and O–H groups in total. The number of furan rings is 1. The van der Waals surface area contributed by atoms with Crippen molar-refractivity contribution in [1.82, 2.24) is 14.7 Å². The van der Waals surface area contributed by atoms with Gasteiger partial charge < -0.3 is 10.2 Å². The summed E-state index contributed by atoms with van der Waals surface area (Å²) in [5.74, 6) is 0.943. The molecule has 0 saturated carbocycles. The minimum absolute atomic E-state index is 0.162. The summed E-state index contributed by atoms with van der Waals surface area (Å²) in [6.07, 6.45) is 5.63. The molecule has 0 spiro atoms. The Morgan fingerprint density at radius 3 is 2.94 bits per heavy atom. The third-order valence-electron chi connectivity index (χ3n) is 3.10. The molecule has 2 aromatic heterocycles. The minimum Gasteiger partial charge on any atom is -0.468 e. The van der Waals surface area contributed by atoms with Crippen LogP contribution in [0.25, 0.3) is 0 Å². The van der Waals surface area contributed by atoms with Gasteiger partial charge in [0.2, 0.25) is 0 Å². The van der Waals surface area contributed by atoms with Crippen molar-refractivity contribution in [2.45, 2.75) is 26.1 Å². The van der Waals surface area contributed by atoms with Crippen LogP contribution in [0, 0.1) is 0 Å². The third-order valence-corrected chi connectivity index (χ3v) is 3.10. The molecule has 0 bridgehead atoms. The fourth-order valence-electron chi connectivity index (χ4n) is 2.05. The van der Waals surface area contributed by atoms with E-state index in [4.69, 9.17) is 10.2 Å². The lowest BCUT2D eigenvalue weighted by Gasteiger charge is -2.25. The molecule has 0 aliphatic heterocycles. The van der Waals surface area contributed by atoms with Gasteiger partial charge in [-0.15, -0.1) is 0 Å². The fraction of sp³-hybridized carbons (Fsp3) is 0.462. The number of nitrogens with zero attached hydrogens (tertiary/aromatic N) is 3. The van der Waals surface area contributed by atoms with E-state index < -0.39 is 0 Å². The molecule has 2 rings (SSSR count). The summed E-state index contributed by atoms with van der Waals surface area (Å²) >= 11 is 0. The lowest BCUT2D eigenvalue weighted by Crippen LogP contribution is -2.29. The number of hydrogen-bond donors (Lipinski definition) is 1. The average molecular weight is 248 g/mol. The first-order valence-electron chi connectivity index (χ1n) is 6.19. The highest BCUT2D eigenvalue weighted by atomic mass is 16.3. The lowest BCUT2D eigenvalue weighted by molar-refractivity contribution is 0.223. The van der Waals surface area contributed by atoms with E-state index in [0.717, 1.165) is 24.4 Å². The van der Waals surface area contributed by atoms with Gasteiger partial charge in [0.05, 0.1) is 25.0 Å². The van der Waals surface area contributed by atoms with E-state index in [1.54, 1.807) is 6.26 Å². The Balaban J connectivity index is 2.07. The number of hydrogen-bond acceptors (Lipinski definition) is 4. The van der Waals surface area contributed by atoms with E-state index in [0.29, 0.717) is 6.54 Å². The maximum Gasteiger partial charge on any atom is 0.117 e. The van der Waals surface area contributed by atoms with Gasteiger partial charge >= 0.3 is 0 Å². The van der Waals surface area contributed by atoms with Crippen LogP contribution in [0.15, 0.2) is 35.2 Å². The van der Waals surface area contributed by atoms with Crippen molar-refractivity contribution < 1.29 is 4.42 Å². The van der Waals surface area contributed by atoms with Crippen LogP contribution in [0.2, 0.25) is 0 Å². The number of rotatable bonds is 6. The van der Waals surface area contributed by atoms with Gasteiger partial charge in [-0.3, -0.25) is 9.58 Å². The second-order valence-electron chi connectivity index (χ2n) is 4.38. The molecule has 0 radical (unpaired) electrons. The van der Waals surface area contributed by atoms with E-state index in [9.17, 15) is 0 Å². The Bertz CT molecular complexity index is 463. The fourth-order valence-corrected chi connectivity index (χ4v) is 2.05. The zero-order chi connectivity index (χ0) is 13.0. The van der Waals surface area contributed by atoms with Gasteiger partial charge in [0.15, 0.2) is 0 Å². The molecule has 98 valence electrons. The summed E-state index contributed by atoms with van der Waals surface area (Å²) < 4.78 is 7.27. The SMILES string of the molecule is CCn1cc(C(CN)N(C)Cc2ccco2)cn1. The van der Waals surface area contributed by atoms with Crippen molar-refractivity contribution in [1.29, 1.82) is 0 Å². The second-order valence-corrected chi connectivity index (χ2v) is 4.38. The van der Waals surface area contributed by atoms with E-state index in [2.05, 4.69) is 23.1 Å². The van der Waals surface area contributed by atoms with Crippen molar-refractivity contribution >= 4 is 0 Å². The molecule has 0 aliphatic rings. The number of aryl methyl sites for hydroxylation is 1. The molecule has 2 aromatic rings. The van der Waals surface area contributed by atoms with Crippen molar-refractivity contribution in [2.24, 2.45) is 5.73 Å². The van der Waals surface area contributed by atoms with Gasteiger partial charge in [-0.05, 0) is 26.1 Å². The Hall–Kier alpha value is -1.59. The molecule has 2 heterocycles. The Labute approximate surface area is 107 Å². The molecule has 1 unspecified atom stereocenters. The maximum absolute atomic E-state index is 5.88. The van der Waals surface area contributed by atoms with Crippen LogP contribution < -0.4 is 5.73 Å². The molecular formula is C13H20N4O. The van der Waals surface area contributed by atoms with Gasteiger partial charge in [-0.1, -0.05) is 0 Å². The minimum atomic E-state index is 0.162. The summed E-state index contributed by atoms with van der Waals surface area (Å²) in [7, 11) is 2.04.